The number of rotatable bonds is 13. The van der Waals surface area contributed by atoms with Crippen molar-refractivity contribution >= 4 is 21.4 Å². The van der Waals surface area contributed by atoms with Crippen LogP contribution in [0.4, 0.5) is 0 Å². The molecule has 3 nitrogen and oxygen atoms in total. The number of hydrogen-bond donors (Lipinski definition) is 1. The molecule has 0 rings (SSSR count). The molecule has 0 atom stereocenters. The number of thiol groups is 1. The molecule has 0 spiro atoms. The summed E-state index contributed by atoms with van der Waals surface area (Å²) in [6, 6.07) is 0.919. The molecule has 0 aromatic heterocycles. The molecule has 0 aliphatic rings. The van der Waals surface area contributed by atoms with Crippen LogP contribution in [-0.4, -0.2) is 32.9 Å². The van der Waals surface area contributed by atoms with E-state index in [4.69, 9.17) is 13.3 Å². The van der Waals surface area contributed by atoms with Gasteiger partial charge >= 0.3 is 8.80 Å². The Morgan fingerprint density at radius 2 is 1.05 bits per heavy atom. The molecule has 0 N–H and O–H groups in total. The van der Waals surface area contributed by atoms with Crippen molar-refractivity contribution in [2.24, 2.45) is 0 Å². The predicted octanol–water partition coefficient (Wildman–Crippen LogP) is 5.08. The van der Waals surface area contributed by atoms with E-state index >= 15 is 0 Å². The Morgan fingerprint density at radius 1 is 0.667 bits per heavy atom. The molecule has 0 saturated heterocycles. The summed E-state index contributed by atoms with van der Waals surface area (Å²) in [5, 5.41) is 0. The third-order valence-electron chi connectivity index (χ3n) is 2.89. The van der Waals surface area contributed by atoms with Gasteiger partial charge in [-0.2, -0.15) is 12.6 Å². The molecule has 21 heavy (non-hydrogen) atoms. The lowest BCUT2D eigenvalue weighted by Gasteiger charge is -2.34. The van der Waals surface area contributed by atoms with Crippen molar-refractivity contribution in [3.05, 3.63) is 0 Å². The van der Waals surface area contributed by atoms with Gasteiger partial charge in [0.2, 0.25) is 0 Å². The first-order valence-corrected chi connectivity index (χ1v) is 11.0. The highest BCUT2D eigenvalue weighted by Gasteiger charge is 2.43. The zero-order valence-electron chi connectivity index (χ0n) is 14.9. The molecule has 0 unspecified atom stereocenters. The van der Waals surface area contributed by atoms with E-state index in [1.165, 1.54) is 25.7 Å². The molecule has 0 aliphatic heterocycles. The number of hydrogen-bond acceptors (Lipinski definition) is 4. The largest absolute Gasteiger partial charge is 0.501 e. The lowest BCUT2D eigenvalue weighted by molar-refractivity contribution is 0.00278. The van der Waals surface area contributed by atoms with Crippen molar-refractivity contribution in [2.75, 3.05) is 5.75 Å². The van der Waals surface area contributed by atoms with Gasteiger partial charge in [0.1, 0.15) is 0 Å². The van der Waals surface area contributed by atoms with Crippen molar-refractivity contribution in [1.82, 2.24) is 0 Å². The van der Waals surface area contributed by atoms with Crippen LogP contribution >= 0.6 is 12.6 Å². The van der Waals surface area contributed by atoms with Gasteiger partial charge in [-0.25, -0.2) is 0 Å². The molecule has 0 bridgehead atoms. The van der Waals surface area contributed by atoms with E-state index in [1.807, 2.05) is 0 Å². The number of unbranched alkanes of at least 4 members (excludes halogenated alkanes) is 4. The Bertz CT molecular complexity index is 221. The molecule has 0 heterocycles. The van der Waals surface area contributed by atoms with Crippen molar-refractivity contribution in [2.45, 2.75) is 98.0 Å². The summed E-state index contributed by atoms with van der Waals surface area (Å²) in [7, 11) is -2.57. The zero-order chi connectivity index (χ0) is 16.3. The summed E-state index contributed by atoms with van der Waals surface area (Å²) >= 11 is 4.25. The minimum absolute atomic E-state index is 0.137. The van der Waals surface area contributed by atoms with E-state index in [0.29, 0.717) is 0 Å². The van der Waals surface area contributed by atoms with Crippen molar-refractivity contribution in [3.8, 4) is 0 Å². The fourth-order valence-electron chi connectivity index (χ4n) is 2.32. The third-order valence-corrected chi connectivity index (χ3v) is 6.66. The van der Waals surface area contributed by atoms with Crippen LogP contribution in [0.2, 0.25) is 6.04 Å². The van der Waals surface area contributed by atoms with Gasteiger partial charge in [-0.3, -0.25) is 0 Å². The summed E-state index contributed by atoms with van der Waals surface area (Å²) in [5.74, 6) is 0.988. The average molecular weight is 337 g/mol. The molecule has 0 aromatic carbocycles. The van der Waals surface area contributed by atoms with Crippen LogP contribution in [0, 0.1) is 0 Å². The second-order valence-electron chi connectivity index (χ2n) is 6.42. The van der Waals surface area contributed by atoms with Gasteiger partial charge < -0.3 is 13.3 Å². The van der Waals surface area contributed by atoms with E-state index < -0.39 is 8.80 Å². The minimum Gasteiger partial charge on any atom is -0.371 e. The fourth-order valence-corrected chi connectivity index (χ4v) is 5.90. The maximum Gasteiger partial charge on any atom is 0.501 e. The fraction of sp³-hybridized carbons (Fsp3) is 1.00. The molecule has 128 valence electrons. The Kier molecular flexibility index (Phi) is 12.2. The third kappa shape index (κ3) is 11.6. The van der Waals surface area contributed by atoms with Gasteiger partial charge in [0.05, 0.1) is 0 Å². The first-order valence-electron chi connectivity index (χ1n) is 8.45. The quantitative estimate of drug-likeness (QED) is 0.289. The van der Waals surface area contributed by atoms with Gasteiger partial charge in [0, 0.05) is 24.4 Å². The summed E-state index contributed by atoms with van der Waals surface area (Å²) in [6.45, 7) is 12.3. The molecular weight excluding hydrogens is 300 g/mol. The van der Waals surface area contributed by atoms with E-state index in [9.17, 15) is 0 Å². The highest BCUT2D eigenvalue weighted by Crippen LogP contribution is 2.25. The first kappa shape index (κ1) is 21.4. The topological polar surface area (TPSA) is 27.7 Å². The molecular formula is C16H36O3SSi. The molecule has 0 aromatic rings. The van der Waals surface area contributed by atoms with Gasteiger partial charge in [0.25, 0.3) is 0 Å². The smallest absolute Gasteiger partial charge is 0.371 e. The summed E-state index contributed by atoms with van der Waals surface area (Å²) in [6.07, 6.45) is 6.47. The minimum atomic E-state index is -2.57. The van der Waals surface area contributed by atoms with Crippen LogP contribution in [0.3, 0.4) is 0 Å². The van der Waals surface area contributed by atoms with E-state index in [2.05, 4.69) is 54.2 Å². The standard InChI is InChI=1S/C16H36O3SSi/c1-14(2)17-21(18-15(3)4,19-16(5)6)13-11-9-7-8-10-12-20/h14-16,20H,7-13H2,1-6H3. The molecule has 0 fully saturated rings. The van der Waals surface area contributed by atoms with Gasteiger partial charge in [-0.15, -0.1) is 0 Å². The molecule has 5 heteroatoms. The van der Waals surface area contributed by atoms with Crippen LogP contribution in [-0.2, 0) is 13.3 Å². The highest BCUT2D eigenvalue weighted by molar-refractivity contribution is 7.80. The molecule has 0 saturated carbocycles. The lowest BCUT2D eigenvalue weighted by atomic mass is 10.2. The molecule has 0 amide bonds. The SMILES string of the molecule is CC(C)O[Si](CCCCCCCS)(OC(C)C)OC(C)C. The maximum atomic E-state index is 6.17. The average Bonchev–Trinajstić information content (AvgIpc) is 2.30. The Morgan fingerprint density at radius 3 is 1.43 bits per heavy atom. The Labute approximate surface area is 138 Å². The molecule has 0 aliphatic carbocycles. The van der Waals surface area contributed by atoms with Gasteiger partial charge in [-0.1, -0.05) is 19.3 Å². The zero-order valence-corrected chi connectivity index (χ0v) is 16.7. The van der Waals surface area contributed by atoms with Crippen molar-refractivity contribution < 1.29 is 13.3 Å². The van der Waals surface area contributed by atoms with Crippen LogP contribution in [0.15, 0.2) is 0 Å². The second-order valence-corrected chi connectivity index (χ2v) is 9.44. The Hall–Kier alpha value is 0.447. The van der Waals surface area contributed by atoms with Crippen LogP contribution in [0.1, 0.15) is 73.6 Å². The molecule has 0 radical (unpaired) electrons. The lowest BCUT2D eigenvalue weighted by Crippen LogP contribution is -2.50. The van der Waals surface area contributed by atoms with Crippen LogP contribution < -0.4 is 0 Å². The second kappa shape index (κ2) is 11.9. The van der Waals surface area contributed by atoms with E-state index in [1.54, 1.807) is 0 Å². The van der Waals surface area contributed by atoms with Gasteiger partial charge in [0.15, 0.2) is 0 Å². The highest BCUT2D eigenvalue weighted by atomic mass is 32.1. The van der Waals surface area contributed by atoms with Crippen molar-refractivity contribution in [3.63, 3.8) is 0 Å². The van der Waals surface area contributed by atoms with Gasteiger partial charge in [-0.05, 0) is 60.1 Å². The maximum absolute atomic E-state index is 6.17. The van der Waals surface area contributed by atoms with Crippen molar-refractivity contribution in [1.29, 1.82) is 0 Å². The van der Waals surface area contributed by atoms with E-state index in [-0.39, 0.29) is 18.3 Å². The van der Waals surface area contributed by atoms with Crippen LogP contribution in [0.5, 0.6) is 0 Å². The summed E-state index contributed by atoms with van der Waals surface area (Å²) < 4.78 is 18.5. The summed E-state index contributed by atoms with van der Waals surface area (Å²) in [4.78, 5) is 0. The van der Waals surface area contributed by atoms with E-state index in [0.717, 1.165) is 18.2 Å². The monoisotopic (exact) mass is 336 g/mol. The Balaban J connectivity index is 4.51. The normalized spacial score (nSPS) is 12.9. The van der Waals surface area contributed by atoms with Crippen LogP contribution in [0.25, 0.3) is 0 Å². The predicted molar refractivity (Wildman–Crippen MR) is 96.2 cm³/mol. The first-order chi connectivity index (χ1) is 9.81. The summed E-state index contributed by atoms with van der Waals surface area (Å²) in [5.41, 5.74) is 0.